The van der Waals surface area contributed by atoms with Crippen LogP contribution in [0.2, 0.25) is 0 Å². The van der Waals surface area contributed by atoms with Gasteiger partial charge in [-0.05, 0) is 38.0 Å². The van der Waals surface area contributed by atoms with E-state index in [-0.39, 0.29) is 6.42 Å². The van der Waals surface area contributed by atoms with Crippen LogP contribution in [0, 0.1) is 0 Å². The lowest BCUT2D eigenvalue weighted by molar-refractivity contribution is -0.140. The van der Waals surface area contributed by atoms with E-state index >= 15 is 0 Å². The van der Waals surface area contributed by atoms with Crippen molar-refractivity contribution in [3.05, 3.63) is 34.3 Å². The number of aliphatic hydroxyl groups is 1. The first kappa shape index (κ1) is 13.2. The van der Waals surface area contributed by atoms with Crippen LogP contribution < -0.4 is 0 Å². The van der Waals surface area contributed by atoms with Crippen molar-refractivity contribution in [2.75, 3.05) is 0 Å². The summed E-state index contributed by atoms with van der Waals surface area (Å²) in [5.41, 5.74) is -0.284. The topological polar surface area (TPSA) is 57.5 Å². The van der Waals surface area contributed by atoms with Gasteiger partial charge in [-0.2, -0.15) is 0 Å². The molecule has 3 nitrogen and oxygen atoms in total. The molecule has 0 saturated carbocycles. The van der Waals surface area contributed by atoms with E-state index in [0.29, 0.717) is 5.56 Å². The van der Waals surface area contributed by atoms with E-state index in [0.717, 1.165) is 4.47 Å². The molecule has 0 fully saturated rings. The highest BCUT2D eigenvalue weighted by atomic mass is 79.9. The summed E-state index contributed by atoms with van der Waals surface area (Å²) in [6.07, 6.45) is 0.198. The van der Waals surface area contributed by atoms with E-state index in [4.69, 9.17) is 5.11 Å². The molecule has 0 heterocycles. The Hall–Kier alpha value is -0.870. The van der Waals surface area contributed by atoms with Gasteiger partial charge < -0.3 is 10.2 Å². The Morgan fingerprint density at radius 2 is 1.88 bits per heavy atom. The predicted octanol–water partition coefficient (Wildman–Crippen LogP) is 2.78. The molecule has 0 amide bonds. The predicted molar refractivity (Wildman–Crippen MR) is 65.4 cm³/mol. The zero-order valence-electron chi connectivity index (χ0n) is 9.27. The van der Waals surface area contributed by atoms with Gasteiger partial charge in [0.2, 0.25) is 0 Å². The zero-order chi connectivity index (χ0) is 12.3. The lowest BCUT2D eigenvalue weighted by Crippen LogP contribution is -2.26. The Bertz CT molecular complexity index is 365. The molecule has 0 aliphatic heterocycles. The highest BCUT2D eigenvalue weighted by Crippen LogP contribution is 2.27. The van der Waals surface area contributed by atoms with Gasteiger partial charge in [0.1, 0.15) is 0 Å². The van der Waals surface area contributed by atoms with Crippen LogP contribution in [-0.2, 0) is 4.79 Å². The van der Waals surface area contributed by atoms with Crippen molar-refractivity contribution < 1.29 is 15.0 Å². The number of rotatable bonds is 4. The largest absolute Gasteiger partial charge is 0.481 e. The van der Waals surface area contributed by atoms with Gasteiger partial charge in [0.25, 0.3) is 0 Å². The smallest absolute Gasteiger partial charge is 0.311 e. The third kappa shape index (κ3) is 3.94. The molecular formula is C12H15BrO3. The number of halogens is 1. The van der Waals surface area contributed by atoms with Gasteiger partial charge in [-0.3, -0.25) is 4.79 Å². The molecule has 0 aliphatic carbocycles. The van der Waals surface area contributed by atoms with Crippen LogP contribution in [0.1, 0.15) is 31.7 Å². The number of hydrogen-bond acceptors (Lipinski definition) is 2. The maximum absolute atomic E-state index is 11.1. The van der Waals surface area contributed by atoms with Crippen LogP contribution in [0.3, 0.4) is 0 Å². The molecule has 88 valence electrons. The minimum Gasteiger partial charge on any atom is -0.481 e. The van der Waals surface area contributed by atoms with Crippen molar-refractivity contribution in [1.82, 2.24) is 0 Å². The zero-order valence-corrected chi connectivity index (χ0v) is 10.9. The molecule has 2 N–H and O–H groups in total. The molecule has 1 unspecified atom stereocenters. The van der Waals surface area contributed by atoms with Crippen molar-refractivity contribution in [1.29, 1.82) is 0 Å². The van der Waals surface area contributed by atoms with Gasteiger partial charge in [-0.25, -0.2) is 0 Å². The monoisotopic (exact) mass is 286 g/mol. The number of carboxylic acids is 1. The Morgan fingerprint density at radius 1 is 1.38 bits per heavy atom. The lowest BCUT2D eigenvalue weighted by Gasteiger charge is -2.22. The summed E-state index contributed by atoms with van der Waals surface area (Å²) in [4.78, 5) is 11.1. The summed E-state index contributed by atoms with van der Waals surface area (Å²) < 4.78 is 0.906. The molecule has 1 rings (SSSR count). The number of carbonyl (C=O) groups is 1. The van der Waals surface area contributed by atoms with Crippen LogP contribution in [0.4, 0.5) is 0 Å². The third-order valence-corrected chi connectivity index (χ3v) is 2.80. The molecule has 1 atom stereocenters. The fourth-order valence-corrected chi connectivity index (χ4v) is 1.81. The van der Waals surface area contributed by atoms with Gasteiger partial charge in [0, 0.05) is 4.47 Å². The van der Waals surface area contributed by atoms with Crippen molar-refractivity contribution in [2.45, 2.75) is 31.8 Å². The summed E-state index contributed by atoms with van der Waals surface area (Å²) in [5.74, 6) is -1.59. The third-order valence-electron chi connectivity index (χ3n) is 2.27. The van der Waals surface area contributed by atoms with Gasteiger partial charge >= 0.3 is 5.97 Å². The molecule has 0 aromatic heterocycles. The normalized spacial score (nSPS) is 13.5. The second-order valence-electron chi connectivity index (χ2n) is 4.46. The quantitative estimate of drug-likeness (QED) is 0.895. The first-order valence-electron chi connectivity index (χ1n) is 5.00. The van der Waals surface area contributed by atoms with Crippen LogP contribution in [0.15, 0.2) is 28.7 Å². The van der Waals surface area contributed by atoms with Crippen molar-refractivity contribution in [2.24, 2.45) is 0 Å². The van der Waals surface area contributed by atoms with E-state index in [2.05, 4.69) is 15.9 Å². The SMILES string of the molecule is CC(C)(O)CC(C(=O)O)c1ccc(Br)cc1. The van der Waals surface area contributed by atoms with E-state index in [9.17, 15) is 9.90 Å². The van der Waals surface area contributed by atoms with Crippen LogP contribution >= 0.6 is 15.9 Å². The Labute approximate surface area is 103 Å². The second kappa shape index (κ2) is 4.97. The van der Waals surface area contributed by atoms with E-state index in [1.807, 2.05) is 0 Å². The Morgan fingerprint density at radius 3 is 2.25 bits per heavy atom. The molecule has 0 saturated heterocycles. The number of hydrogen-bond donors (Lipinski definition) is 2. The summed E-state index contributed by atoms with van der Waals surface area (Å²) >= 11 is 3.30. The first-order chi connectivity index (χ1) is 7.29. The molecular weight excluding hydrogens is 272 g/mol. The summed E-state index contributed by atoms with van der Waals surface area (Å²) in [5, 5.41) is 18.8. The Balaban J connectivity index is 2.94. The van der Waals surface area contributed by atoms with Gasteiger partial charge in [-0.15, -0.1) is 0 Å². The number of carboxylic acid groups (broad SMARTS) is 1. The van der Waals surface area contributed by atoms with Crippen molar-refractivity contribution in [3.8, 4) is 0 Å². The van der Waals surface area contributed by atoms with Crippen molar-refractivity contribution in [3.63, 3.8) is 0 Å². The average molecular weight is 287 g/mol. The van der Waals surface area contributed by atoms with E-state index < -0.39 is 17.5 Å². The molecule has 1 aromatic rings. The number of benzene rings is 1. The lowest BCUT2D eigenvalue weighted by atomic mass is 9.88. The molecule has 0 spiro atoms. The fourth-order valence-electron chi connectivity index (χ4n) is 1.54. The summed E-state index contributed by atoms with van der Waals surface area (Å²) in [6.45, 7) is 3.23. The average Bonchev–Trinajstić information content (AvgIpc) is 2.14. The van der Waals surface area contributed by atoms with Gasteiger partial charge in [0.05, 0.1) is 11.5 Å². The number of aliphatic carboxylic acids is 1. The fraction of sp³-hybridized carbons (Fsp3) is 0.417. The highest BCUT2D eigenvalue weighted by molar-refractivity contribution is 9.10. The van der Waals surface area contributed by atoms with Crippen molar-refractivity contribution >= 4 is 21.9 Å². The summed E-state index contributed by atoms with van der Waals surface area (Å²) in [6, 6.07) is 7.12. The van der Waals surface area contributed by atoms with Crippen LogP contribution in [-0.4, -0.2) is 21.8 Å². The maximum Gasteiger partial charge on any atom is 0.311 e. The molecule has 0 aliphatic rings. The minimum absolute atomic E-state index is 0.198. The first-order valence-corrected chi connectivity index (χ1v) is 5.79. The molecule has 0 bridgehead atoms. The molecule has 16 heavy (non-hydrogen) atoms. The van der Waals surface area contributed by atoms with Gasteiger partial charge in [-0.1, -0.05) is 28.1 Å². The minimum atomic E-state index is -0.990. The molecule has 0 radical (unpaired) electrons. The van der Waals surface area contributed by atoms with Crippen LogP contribution in [0.5, 0.6) is 0 Å². The Kier molecular flexibility index (Phi) is 4.10. The van der Waals surface area contributed by atoms with Gasteiger partial charge in [0.15, 0.2) is 0 Å². The standard InChI is InChI=1S/C12H15BrO3/c1-12(2,16)7-10(11(14)15)8-3-5-9(13)6-4-8/h3-6,10,16H,7H2,1-2H3,(H,14,15). The molecule has 1 aromatic carbocycles. The highest BCUT2D eigenvalue weighted by Gasteiger charge is 2.27. The van der Waals surface area contributed by atoms with Crippen LogP contribution in [0.25, 0.3) is 0 Å². The summed E-state index contributed by atoms with van der Waals surface area (Å²) in [7, 11) is 0. The van der Waals surface area contributed by atoms with E-state index in [1.165, 1.54) is 0 Å². The van der Waals surface area contributed by atoms with E-state index in [1.54, 1.807) is 38.1 Å². The second-order valence-corrected chi connectivity index (χ2v) is 5.37. The molecule has 4 heteroatoms. The maximum atomic E-state index is 11.1.